The SMILES string of the molecule is Cc1cccn2cc(C(=O)NC3CCCCC3)nc12. The Morgan fingerprint density at radius 1 is 1.37 bits per heavy atom. The highest BCUT2D eigenvalue weighted by Gasteiger charge is 2.18. The fourth-order valence-electron chi connectivity index (χ4n) is 2.77. The number of carbonyl (C=O) groups is 1. The molecule has 3 rings (SSSR count). The molecule has 1 aliphatic rings. The van der Waals surface area contributed by atoms with E-state index in [0.717, 1.165) is 24.1 Å². The van der Waals surface area contributed by atoms with E-state index in [0.29, 0.717) is 11.7 Å². The van der Waals surface area contributed by atoms with Gasteiger partial charge in [0.1, 0.15) is 11.3 Å². The van der Waals surface area contributed by atoms with Gasteiger partial charge in [-0.15, -0.1) is 0 Å². The monoisotopic (exact) mass is 257 g/mol. The summed E-state index contributed by atoms with van der Waals surface area (Å²) in [5.41, 5.74) is 2.45. The third-order valence-corrected chi connectivity index (χ3v) is 3.85. The van der Waals surface area contributed by atoms with Crippen LogP contribution < -0.4 is 5.32 Å². The summed E-state index contributed by atoms with van der Waals surface area (Å²) < 4.78 is 1.91. The van der Waals surface area contributed by atoms with Crippen LogP contribution in [0.1, 0.15) is 48.2 Å². The minimum absolute atomic E-state index is 0.0463. The molecule has 0 spiro atoms. The fraction of sp³-hybridized carbons (Fsp3) is 0.467. The first kappa shape index (κ1) is 12.2. The van der Waals surface area contributed by atoms with Crippen LogP contribution in [0.4, 0.5) is 0 Å². The second-order valence-electron chi connectivity index (χ2n) is 5.36. The second-order valence-corrected chi connectivity index (χ2v) is 5.36. The summed E-state index contributed by atoms with van der Waals surface area (Å²) in [6, 6.07) is 4.30. The van der Waals surface area contributed by atoms with Gasteiger partial charge < -0.3 is 9.72 Å². The van der Waals surface area contributed by atoms with Crippen molar-refractivity contribution in [2.24, 2.45) is 0 Å². The zero-order valence-corrected chi connectivity index (χ0v) is 11.2. The lowest BCUT2D eigenvalue weighted by atomic mass is 9.95. The number of aryl methyl sites for hydroxylation is 1. The molecule has 1 saturated carbocycles. The van der Waals surface area contributed by atoms with Crippen LogP contribution in [0.2, 0.25) is 0 Å². The molecular formula is C15H19N3O. The molecule has 4 heteroatoms. The maximum Gasteiger partial charge on any atom is 0.271 e. The first-order chi connectivity index (χ1) is 9.24. The number of pyridine rings is 1. The molecule has 1 amide bonds. The quantitative estimate of drug-likeness (QED) is 0.899. The summed E-state index contributed by atoms with van der Waals surface area (Å²) in [5.74, 6) is -0.0463. The van der Waals surface area contributed by atoms with Crippen molar-refractivity contribution < 1.29 is 4.79 Å². The highest BCUT2D eigenvalue weighted by molar-refractivity contribution is 5.93. The number of amides is 1. The van der Waals surface area contributed by atoms with Crippen molar-refractivity contribution in [3.63, 3.8) is 0 Å². The van der Waals surface area contributed by atoms with E-state index < -0.39 is 0 Å². The van der Waals surface area contributed by atoms with Crippen molar-refractivity contribution in [3.8, 4) is 0 Å². The molecule has 100 valence electrons. The van der Waals surface area contributed by atoms with E-state index in [1.807, 2.05) is 29.7 Å². The Kier molecular flexibility index (Phi) is 3.23. The van der Waals surface area contributed by atoms with Crippen LogP contribution >= 0.6 is 0 Å². The Morgan fingerprint density at radius 2 is 2.16 bits per heavy atom. The predicted molar refractivity (Wildman–Crippen MR) is 74.3 cm³/mol. The van der Waals surface area contributed by atoms with Crippen molar-refractivity contribution in [3.05, 3.63) is 35.8 Å². The van der Waals surface area contributed by atoms with Crippen molar-refractivity contribution in [1.29, 1.82) is 0 Å². The maximum atomic E-state index is 12.2. The van der Waals surface area contributed by atoms with Crippen LogP contribution in [-0.4, -0.2) is 21.3 Å². The lowest BCUT2D eigenvalue weighted by molar-refractivity contribution is 0.0923. The van der Waals surface area contributed by atoms with Gasteiger partial charge >= 0.3 is 0 Å². The van der Waals surface area contributed by atoms with E-state index >= 15 is 0 Å². The number of nitrogens with one attached hydrogen (secondary N) is 1. The molecule has 4 nitrogen and oxygen atoms in total. The third kappa shape index (κ3) is 2.48. The minimum Gasteiger partial charge on any atom is -0.348 e. The normalized spacial score (nSPS) is 16.7. The zero-order chi connectivity index (χ0) is 13.2. The lowest BCUT2D eigenvalue weighted by Gasteiger charge is -2.22. The third-order valence-electron chi connectivity index (χ3n) is 3.85. The summed E-state index contributed by atoms with van der Waals surface area (Å²) in [7, 11) is 0. The van der Waals surface area contributed by atoms with Crippen molar-refractivity contribution in [2.75, 3.05) is 0 Å². The van der Waals surface area contributed by atoms with Gasteiger partial charge in [0.05, 0.1) is 0 Å². The van der Waals surface area contributed by atoms with E-state index in [9.17, 15) is 4.79 Å². The number of hydrogen-bond acceptors (Lipinski definition) is 2. The molecule has 2 heterocycles. The first-order valence-corrected chi connectivity index (χ1v) is 6.99. The molecule has 0 unspecified atom stereocenters. The van der Waals surface area contributed by atoms with Gasteiger partial charge in [-0.05, 0) is 31.4 Å². The molecule has 2 aromatic heterocycles. The lowest BCUT2D eigenvalue weighted by Crippen LogP contribution is -2.36. The van der Waals surface area contributed by atoms with Crippen LogP contribution in [0.5, 0.6) is 0 Å². The Morgan fingerprint density at radius 3 is 2.89 bits per heavy atom. The van der Waals surface area contributed by atoms with Crippen molar-refractivity contribution in [1.82, 2.24) is 14.7 Å². The highest BCUT2D eigenvalue weighted by atomic mass is 16.2. The average Bonchev–Trinajstić information content (AvgIpc) is 2.85. The molecule has 0 bridgehead atoms. The molecule has 2 aromatic rings. The van der Waals surface area contributed by atoms with Gasteiger partial charge in [0, 0.05) is 18.4 Å². The van der Waals surface area contributed by atoms with Gasteiger partial charge in [0.2, 0.25) is 0 Å². The van der Waals surface area contributed by atoms with Gasteiger partial charge in [0.15, 0.2) is 0 Å². The van der Waals surface area contributed by atoms with E-state index in [1.54, 1.807) is 6.20 Å². The molecule has 19 heavy (non-hydrogen) atoms. The number of imidazole rings is 1. The summed E-state index contributed by atoms with van der Waals surface area (Å²) >= 11 is 0. The Balaban J connectivity index is 1.79. The van der Waals surface area contributed by atoms with Crippen molar-refractivity contribution >= 4 is 11.6 Å². The number of fused-ring (bicyclic) bond motifs is 1. The van der Waals surface area contributed by atoms with E-state index in [2.05, 4.69) is 10.3 Å². The van der Waals surface area contributed by atoms with Crippen LogP contribution in [0.25, 0.3) is 5.65 Å². The molecule has 0 aliphatic heterocycles. The van der Waals surface area contributed by atoms with Crippen molar-refractivity contribution in [2.45, 2.75) is 45.1 Å². The molecule has 0 saturated heterocycles. The van der Waals surface area contributed by atoms with Gasteiger partial charge in [-0.25, -0.2) is 4.98 Å². The topological polar surface area (TPSA) is 46.4 Å². The predicted octanol–water partition coefficient (Wildman–Crippen LogP) is 2.71. The first-order valence-electron chi connectivity index (χ1n) is 6.99. The molecule has 1 N–H and O–H groups in total. The zero-order valence-electron chi connectivity index (χ0n) is 11.2. The summed E-state index contributed by atoms with van der Waals surface area (Å²) in [6.45, 7) is 2.01. The van der Waals surface area contributed by atoms with Gasteiger partial charge in [-0.2, -0.15) is 0 Å². The standard InChI is InChI=1S/C15H19N3O/c1-11-6-5-9-18-10-13(17-14(11)18)15(19)16-12-7-3-2-4-8-12/h5-6,9-10,12H,2-4,7-8H2,1H3,(H,16,19). The van der Waals surface area contributed by atoms with Crippen LogP contribution in [-0.2, 0) is 0 Å². The largest absolute Gasteiger partial charge is 0.348 e. The molecule has 0 radical (unpaired) electrons. The number of rotatable bonds is 2. The van der Waals surface area contributed by atoms with Crippen LogP contribution in [0.15, 0.2) is 24.5 Å². The van der Waals surface area contributed by atoms with E-state index in [1.165, 1.54) is 19.3 Å². The number of carbonyl (C=O) groups excluding carboxylic acids is 1. The minimum atomic E-state index is -0.0463. The molecule has 1 fully saturated rings. The number of hydrogen-bond donors (Lipinski definition) is 1. The van der Waals surface area contributed by atoms with Gasteiger partial charge in [-0.1, -0.05) is 25.3 Å². The summed E-state index contributed by atoms with van der Waals surface area (Å²) in [5, 5.41) is 3.10. The molecule has 0 aromatic carbocycles. The second kappa shape index (κ2) is 5.03. The summed E-state index contributed by atoms with van der Waals surface area (Å²) in [4.78, 5) is 16.6. The van der Waals surface area contributed by atoms with Crippen LogP contribution in [0, 0.1) is 6.92 Å². The average molecular weight is 257 g/mol. The van der Waals surface area contributed by atoms with E-state index in [4.69, 9.17) is 0 Å². The Bertz CT molecular complexity index is 596. The fourth-order valence-corrected chi connectivity index (χ4v) is 2.77. The smallest absolute Gasteiger partial charge is 0.271 e. The van der Waals surface area contributed by atoms with E-state index in [-0.39, 0.29) is 5.91 Å². The van der Waals surface area contributed by atoms with Gasteiger partial charge in [0.25, 0.3) is 5.91 Å². The highest BCUT2D eigenvalue weighted by Crippen LogP contribution is 2.18. The maximum absolute atomic E-state index is 12.2. The number of aromatic nitrogens is 2. The van der Waals surface area contributed by atoms with Crippen LogP contribution in [0.3, 0.4) is 0 Å². The molecule has 1 aliphatic carbocycles. The molecular weight excluding hydrogens is 238 g/mol. The Labute approximate surface area is 112 Å². The molecule has 0 atom stereocenters. The Hall–Kier alpha value is -1.84. The number of nitrogens with zero attached hydrogens (tertiary/aromatic N) is 2. The van der Waals surface area contributed by atoms with Gasteiger partial charge in [-0.3, -0.25) is 4.79 Å². The summed E-state index contributed by atoms with van der Waals surface area (Å²) in [6.07, 6.45) is 9.65.